The molecule has 1 atom stereocenters. The highest BCUT2D eigenvalue weighted by atomic mass is 32.2. The van der Waals surface area contributed by atoms with Crippen molar-refractivity contribution in [1.29, 1.82) is 0 Å². The van der Waals surface area contributed by atoms with E-state index in [1.165, 1.54) is 83.5 Å². The molecule has 0 bridgehead atoms. The Morgan fingerprint density at radius 2 is 1.54 bits per heavy atom. The fraction of sp³-hybridized carbons (Fsp3) is 0.848. The topological polar surface area (TPSA) is 87.3 Å². The van der Waals surface area contributed by atoms with Gasteiger partial charge in [0.2, 0.25) is 0 Å². The van der Waals surface area contributed by atoms with Crippen molar-refractivity contribution in [3.63, 3.8) is 0 Å². The summed E-state index contributed by atoms with van der Waals surface area (Å²) >= 11 is 1.56. The fourth-order valence-electron chi connectivity index (χ4n) is 5.11. The van der Waals surface area contributed by atoms with E-state index >= 15 is 0 Å². The van der Waals surface area contributed by atoms with Crippen molar-refractivity contribution in [1.82, 2.24) is 19.6 Å². The molecule has 0 aliphatic rings. The maximum atomic E-state index is 12.3. The summed E-state index contributed by atoms with van der Waals surface area (Å²) in [5.74, 6) is -0.000938. The second-order valence-corrected chi connectivity index (χ2v) is 12.3. The lowest BCUT2D eigenvalue weighted by molar-refractivity contribution is -0.149. The molecule has 0 saturated heterocycles. The Morgan fingerprint density at radius 3 is 2.20 bits per heavy atom. The molecular weight excluding hydrogens is 532 g/mol. The zero-order valence-corrected chi connectivity index (χ0v) is 27.3. The number of hydrogen-bond donors (Lipinski definition) is 2. The van der Waals surface area contributed by atoms with Crippen LogP contribution in [0.25, 0.3) is 0 Å². The highest BCUT2D eigenvalue weighted by Gasteiger charge is 2.12. The molecule has 0 aliphatic heterocycles. The van der Waals surface area contributed by atoms with Gasteiger partial charge >= 0.3 is 5.97 Å². The molecule has 1 aromatic heterocycles. The van der Waals surface area contributed by atoms with Crippen molar-refractivity contribution in [2.24, 2.45) is 0 Å². The number of imidazole rings is 1. The highest BCUT2D eigenvalue weighted by molar-refractivity contribution is 7.97. The Kier molecular flexibility index (Phi) is 26.4. The number of nitrogens with one attached hydrogen (secondary N) is 2. The molecule has 2 N–H and O–H groups in total. The van der Waals surface area contributed by atoms with Crippen molar-refractivity contribution in [3.8, 4) is 0 Å². The summed E-state index contributed by atoms with van der Waals surface area (Å²) < 4.78 is 9.17. The normalized spacial score (nSPS) is 12.2. The van der Waals surface area contributed by atoms with Crippen LogP contribution >= 0.6 is 11.9 Å². The van der Waals surface area contributed by atoms with Gasteiger partial charge in [-0.05, 0) is 82.9 Å². The van der Waals surface area contributed by atoms with Gasteiger partial charge in [0.1, 0.15) is 12.4 Å². The number of H-pyrrole nitrogens is 1. The van der Waals surface area contributed by atoms with Gasteiger partial charge in [0.15, 0.2) is 5.16 Å². The minimum absolute atomic E-state index is 0.000938. The molecule has 1 rings (SSSR count). The SMILES string of the molecule is CCCCCCCCC(CC)OC(=O)CCCCCCCN(CCCCCCCC=O)CCCNSc1ncc[nH]1. The molecule has 0 saturated carbocycles. The molecule has 0 radical (unpaired) electrons. The molecule has 0 amide bonds. The maximum absolute atomic E-state index is 12.3. The van der Waals surface area contributed by atoms with Crippen LogP contribution in [0.15, 0.2) is 17.6 Å². The standard InChI is InChI=1S/C33H62N4O3S/c1-3-5-6-7-11-16-22-31(4-2)40-32(39)23-17-12-10-14-19-28-37(27-18-13-8-9-15-20-30-38)29-21-24-36-41-33-34-25-26-35-33/h25-26,30-31,36H,3-24,27-29H2,1-2H3,(H,34,35). The molecule has 41 heavy (non-hydrogen) atoms. The first-order valence-electron chi connectivity index (χ1n) is 16.9. The third kappa shape index (κ3) is 23.8. The largest absolute Gasteiger partial charge is 0.462 e. The quantitative estimate of drug-likeness (QED) is 0.0385. The minimum Gasteiger partial charge on any atom is -0.462 e. The monoisotopic (exact) mass is 594 g/mol. The van der Waals surface area contributed by atoms with Gasteiger partial charge < -0.3 is 19.4 Å². The summed E-state index contributed by atoms with van der Waals surface area (Å²) in [7, 11) is 0. The van der Waals surface area contributed by atoms with Crippen LogP contribution in [0.3, 0.4) is 0 Å². The molecule has 238 valence electrons. The minimum atomic E-state index is -0.000938. The van der Waals surface area contributed by atoms with Crippen LogP contribution in [0.2, 0.25) is 0 Å². The van der Waals surface area contributed by atoms with Crippen LogP contribution in [0.4, 0.5) is 0 Å². The van der Waals surface area contributed by atoms with Crippen molar-refractivity contribution in [2.45, 2.75) is 160 Å². The number of aromatic amines is 1. The van der Waals surface area contributed by atoms with Gasteiger partial charge in [-0.2, -0.15) is 0 Å². The second kappa shape index (κ2) is 28.7. The van der Waals surface area contributed by atoms with Gasteiger partial charge in [0, 0.05) is 31.8 Å². The molecule has 7 nitrogen and oxygen atoms in total. The Morgan fingerprint density at radius 1 is 0.902 bits per heavy atom. The number of aromatic nitrogens is 2. The predicted molar refractivity (Wildman–Crippen MR) is 173 cm³/mol. The molecular formula is C33H62N4O3S. The summed E-state index contributed by atoms with van der Waals surface area (Å²) in [4.78, 5) is 32.8. The summed E-state index contributed by atoms with van der Waals surface area (Å²) in [6.07, 6.45) is 28.4. The number of esters is 1. The van der Waals surface area contributed by atoms with E-state index in [-0.39, 0.29) is 12.1 Å². The number of rotatable bonds is 31. The Labute approximate surface area is 256 Å². The number of unbranched alkanes of at least 4 members (excludes halogenated alkanes) is 14. The van der Waals surface area contributed by atoms with Gasteiger partial charge in [-0.15, -0.1) is 0 Å². The molecule has 1 aromatic rings. The molecule has 0 spiro atoms. The molecule has 0 fully saturated rings. The van der Waals surface area contributed by atoms with Gasteiger partial charge in [0.25, 0.3) is 0 Å². The molecule has 1 unspecified atom stereocenters. The first-order valence-corrected chi connectivity index (χ1v) is 17.8. The Balaban J connectivity index is 2.15. The first-order chi connectivity index (χ1) is 20.2. The summed E-state index contributed by atoms with van der Waals surface area (Å²) in [6, 6.07) is 0. The van der Waals surface area contributed by atoms with Crippen LogP contribution in [0.1, 0.15) is 149 Å². The third-order valence-electron chi connectivity index (χ3n) is 7.68. The van der Waals surface area contributed by atoms with Gasteiger partial charge in [-0.1, -0.05) is 84.5 Å². The molecule has 0 aromatic carbocycles. The van der Waals surface area contributed by atoms with E-state index in [0.717, 1.165) is 76.1 Å². The van der Waals surface area contributed by atoms with Crippen LogP contribution in [-0.2, 0) is 14.3 Å². The average molecular weight is 595 g/mol. The lowest BCUT2D eigenvalue weighted by Crippen LogP contribution is -2.29. The van der Waals surface area contributed by atoms with Crippen molar-refractivity contribution in [2.75, 3.05) is 26.2 Å². The second-order valence-electron chi connectivity index (χ2n) is 11.4. The zero-order chi connectivity index (χ0) is 29.6. The van der Waals surface area contributed by atoms with E-state index in [1.807, 2.05) is 6.20 Å². The van der Waals surface area contributed by atoms with E-state index < -0.39 is 0 Å². The van der Waals surface area contributed by atoms with Crippen molar-refractivity contribution < 1.29 is 14.3 Å². The fourth-order valence-corrected chi connectivity index (χ4v) is 5.73. The van der Waals surface area contributed by atoms with E-state index in [1.54, 1.807) is 18.1 Å². The lowest BCUT2D eigenvalue weighted by atomic mass is 10.1. The molecule has 8 heteroatoms. The van der Waals surface area contributed by atoms with Crippen molar-refractivity contribution >= 4 is 24.2 Å². The number of aldehydes is 1. The Hall–Kier alpha value is -1.38. The van der Waals surface area contributed by atoms with E-state index in [9.17, 15) is 9.59 Å². The Bertz CT molecular complexity index is 705. The van der Waals surface area contributed by atoms with Gasteiger partial charge in [-0.25, -0.2) is 4.98 Å². The van der Waals surface area contributed by atoms with E-state index in [0.29, 0.717) is 12.8 Å². The van der Waals surface area contributed by atoms with Crippen LogP contribution in [0.5, 0.6) is 0 Å². The number of carbonyl (C=O) groups excluding carboxylic acids is 2. The maximum Gasteiger partial charge on any atom is 0.306 e. The van der Waals surface area contributed by atoms with Crippen LogP contribution < -0.4 is 4.72 Å². The van der Waals surface area contributed by atoms with Crippen LogP contribution in [-0.4, -0.2) is 59.4 Å². The predicted octanol–water partition coefficient (Wildman–Crippen LogP) is 8.65. The number of carbonyl (C=O) groups is 2. The van der Waals surface area contributed by atoms with E-state index in [2.05, 4.69) is 33.4 Å². The summed E-state index contributed by atoms with van der Waals surface area (Å²) in [5.41, 5.74) is 0. The molecule has 1 heterocycles. The third-order valence-corrected chi connectivity index (χ3v) is 8.44. The lowest BCUT2D eigenvalue weighted by Gasteiger charge is -2.22. The first kappa shape index (κ1) is 37.6. The summed E-state index contributed by atoms with van der Waals surface area (Å²) in [6.45, 7) is 8.75. The highest BCUT2D eigenvalue weighted by Crippen LogP contribution is 2.15. The van der Waals surface area contributed by atoms with Gasteiger partial charge in [-0.3, -0.25) is 9.52 Å². The number of hydrogen-bond acceptors (Lipinski definition) is 7. The zero-order valence-electron chi connectivity index (χ0n) is 26.5. The van der Waals surface area contributed by atoms with Gasteiger partial charge in [0.05, 0.1) is 0 Å². The number of ether oxygens (including phenoxy) is 1. The summed E-state index contributed by atoms with van der Waals surface area (Å²) in [5, 5.41) is 0.906. The van der Waals surface area contributed by atoms with Crippen LogP contribution in [0, 0.1) is 0 Å². The number of nitrogens with zero attached hydrogens (tertiary/aromatic N) is 2. The smallest absolute Gasteiger partial charge is 0.306 e. The van der Waals surface area contributed by atoms with E-state index in [4.69, 9.17) is 4.74 Å². The van der Waals surface area contributed by atoms with Crippen molar-refractivity contribution in [3.05, 3.63) is 12.4 Å². The molecule has 0 aliphatic carbocycles. The average Bonchev–Trinajstić information content (AvgIpc) is 3.50.